The van der Waals surface area contributed by atoms with Crippen LogP contribution in [0.3, 0.4) is 0 Å². The van der Waals surface area contributed by atoms with Crippen LogP contribution in [0.25, 0.3) is 0 Å². The standard InChI is InChI=1S/C12H19N3O.ClH/c1-9(16)15-11-6-4-5-10(7-11)14-8-12(2,3)13;/h4-7,14H,8,13H2,1-3H3,(H,15,16);1H. The molecule has 5 heteroatoms. The first kappa shape index (κ1) is 15.7. The number of nitrogens with one attached hydrogen (secondary N) is 2. The van der Waals surface area contributed by atoms with Gasteiger partial charge in [0, 0.05) is 30.4 Å². The largest absolute Gasteiger partial charge is 0.383 e. The van der Waals surface area contributed by atoms with Crippen molar-refractivity contribution in [2.45, 2.75) is 26.3 Å². The van der Waals surface area contributed by atoms with Gasteiger partial charge in [-0.3, -0.25) is 4.79 Å². The molecule has 0 aromatic heterocycles. The molecule has 0 aliphatic carbocycles. The molecule has 4 nitrogen and oxygen atoms in total. The average molecular weight is 258 g/mol. The summed E-state index contributed by atoms with van der Waals surface area (Å²) in [6.07, 6.45) is 0. The smallest absolute Gasteiger partial charge is 0.221 e. The van der Waals surface area contributed by atoms with Crippen LogP contribution in [0.4, 0.5) is 11.4 Å². The van der Waals surface area contributed by atoms with Gasteiger partial charge in [-0.2, -0.15) is 0 Å². The zero-order valence-corrected chi connectivity index (χ0v) is 11.2. The van der Waals surface area contributed by atoms with Crippen LogP contribution in [0.2, 0.25) is 0 Å². The molecule has 0 unspecified atom stereocenters. The molecule has 96 valence electrons. The Hall–Kier alpha value is -1.26. The highest BCUT2D eigenvalue weighted by Gasteiger charge is 2.09. The van der Waals surface area contributed by atoms with Gasteiger partial charge < -0.3 is 16.4 Å². The van der Waals surface area contributed by atoms with E-state index in [4.69, 9.17) is 5.73 Å². The van der Waals surface area contributed by atoms with Crippen molar-refractivity contribution in [3.8, 4) is 0 Å². The number of hydrogen-bond donors (Lipinski definition) is 3. The van der Waals surface area contributed by atoms with Gasteiger partial charge >= 0.3 is 0 Å². The summed E-state index contributed by atoms with van der Waals surface area (Å²) in [5.74, 6) is -0.0729. The molecule has 0 bridgehead atoms. The maximum Gasteiger partial charge on any atom is 0.221 e. The van der Waals surface area contributed by atoms with E-state index in [2.05, 4.69) is 10.6 Å². The number of amides is 1. The second-order valence-corrected chi connectivity index (χ2v) is 4.60. The summed E-state index contributed by atoms with van der Waals surface area (Å²) in [5, 5.41) is 5.95. The van der Waals surface area contributed by atoms with Crippen molar-refractivity contribution >= 4 is 29.7 Å². The van der Waals surface area contributed by atoms with Crippen LogP contribution in [0.15, 0.2) is 24.3 Å². The van der Waals surface area contributed by atoms with Gasteiger partial charge in [0.05, 0.1) is 0 Å². The molecule has 1 aromatic rings. The van der Waals surface area contributed by atoms with E-state index >= 15 is 0 Å². The first-order valence-electron chi connectivity index (χ1n) is 5.27. The summed E-state index contributed by atoms with van der Waals surface area (Å²) < 4.78 is 0. The third-order valence-electron chi connectivity index (χ3n) is 1.93. The van der Waals surface area contributed by atoms with Crippen molar-refractivity contribution in [2.75, 3.05) is 17.2 Å². The number of benzene rings is 1. The van der Waals surface area contributed by atoms with E-state index in [-0.39, 0.29) is 23.9 Å². The lowest BCUT2D eigenvalue weighted by Gasteiger charge is -2.20. The molecule has 0 radical (unpaired) electrons. The normalized spacial score (nSPS) is 10.4. The Balaban J connectivity index is 0.00000256. The quantitative estimate of drug-likeness (QED) is 0.775. The lowest BCUT2D eigenvalue weighted by molar-refractivity contribution is -0.114. The van der Waals surface area contributed by atoms with Crippen molar-refractivity contribution in [1.82, 2.24) is 0 Å². The number of hydrogen-bond acceptors (Lipinski definition) is 3. The molecule has 0 aliphatic heterocycles. The second-order valence-electron chi connectivity index (χ2n) is 4.60. The lowest BCUT2D eigenvalue weighted by atomic mass is 10.1. The molecule has 0 heterocycles. The Morgan fingerprint density at radius 3 is 2.47 bits per heavy atom. The molecule has 1 amide bonds. The Bertz CT molecular complexity index is 374. The fourth-order valence-corrected chi connectivity index (χ4v) is 1.24. The summed E-state index contributed by atoms with van der Waals surface area (Å²) >= 11 is 0. The second kappa shape index (κ2) is 6.47. The average Bonchev–Trinajstić information content (AvgIpc) is 2.13. The molecule has 0 saturated heterocycles. The predicted molar refractivity (Wildman–Crippen MR) is 74.7 cm³/mol. The summed E-state index contributed by atoms with van der Waals surface area (Å²) in [6.45, 7) is 6.08. The minimum Gasteiger partial charge on any atom is -0.383 e. The zero-order chi connectivity index (χ0) is 12.2. The topological polar surface area (TPSA) is 67.2 Å². The van der Waals surface area contributed by atoms with E-state index in [9.17, 15) is 4.79 Å². The number of halogens is 1. The summed E-state index contributed by atoms with van der Waals surface area (Å²) in [7, 11) is 0. The van der Waals surface area contributed by atoms with Gasteiger partial charge in [0.1, 0.15) is 0 Å². The van der Waals surface area contributed by atoms with Gasteiger partial charge in [0.15, 0.2) is 0 Å². The molecule has 0 aliphatic rings. The van der Waals surface area contributed by atoms with Crippen LogP contribution < -0.4 is 16.4 Å². The van der Waals surface area contributed by atoms with E-state index in [0.29, 0.717) is 6.54 Å². The number of carbonyl (C=O) groups excluding carboxylic acids is 1. The Labute approximate surface area is 108 Å². The zero-order valence-electron chi connectivity index (χ0n) is 10.4. The number of anilines is 2. The highest BCUT2D eigenvalue weighted by molar-refractivity contribution is 5.89. The number of rotatable bonds is 4. The fourth-order valence-electron chi connectivity index (χ4n) is 1.24. The van der Waals surface area contributed by atoms with Crippen LogP contribution in [0.5, 0.6) is 0 Å². The maximum absolute atomic E-state index is 10.9. The van der Waals surface area contributed by atoms with Crippen molar-refractivity contribution in [2.24, 2.45) is 5.73 Å². The molecule has 4 N–H and O–H groups in total. The molecule has 0 saturated carbocycles. The molecular formula is C12H20ClN3O. The minimum atomic E-state index is -0.260. The molecule has 0 fully saturated rings. The van der Waals surface area contributed by atoms with Gasteiger partial charge in [-0.05, 0) is 32.0 Å². The van der Waals surface area contributed by atoms with Crippen molar-refractivity contribution < 1.29 is 4.79 Å². The van der Waals surface area contributed by atoms with Crippen LogP contribution >= 0.6 is 12.4 Å². The van der Waals surface area contributed by atoms with Crippen LogP contribution in [0, 0.1) is 0 Å². The van der Waals surface area contributed by atoms with E-state index in [1.54, 1.807) is 0 Å². The Kier molecular flexibility index (Phi) is 5.99. The number of carbonyl (C=O) groups is 1. The van der Waals surface area contributed by atoms with Gasteiger partial charge in [-0.1, -0.05) is 6.07 Å². The summed E-state index contributed by atoms with van der Waals surface area (Å²) in [5.41, 5.74) is 7.34. The first-order chi connectivity index (χ1) is 7.37. The molecule has 17 heavy (non-hydrogen) atoms. The summed E-state index contributed by atoms with van der Waals surface area (Å²) in [6, 6.07) is 7.56. The fraction of sp³-hybridized carbons (Fsp3) is 0.417. The third-order valence-corrected chi connectivity index (χ3v) is 1.93. The SMILES string of the molecule is CC(=O)Nc1cccc(NCC(C)(C)N)c1.Cl. The predicted octanol–water partition coefficient (Wildman–Crippen LogP) is 2.22. The first-order valence-corrected chi connectivity index (χ1v) is 5.27. The van der Waals surface area contributed by atoms with E-state index < -0.39 is 0 Å². The molecule has 1 rings (SSSR count). The van der Waals surface area contributed by atoms with Gasteiger partial charge in [0.2, 0.25) is 5.91 Å². The van der Waals surface area contributed by atoms with E-state index in [0.717, 1.165) is 11.4 Å². The van der Waals surface area contributed by atoms with Gasteiger partial charge in [-0.15, -0.1) is 12.4 Å². The third kappa shape index (κ3) is 6.81. The van der Waals surface area contributed by atoms with Crippen LogP contribution in [-0.4, -0.2) is 18.0 Å². The van der Waals surface area contributed by atoms with Gasteiger partial charge in [-0.25, -0.2) is 0 Å². The number of nitrogens with two attached hydrogens (primary N) is 1. The van der Waals surface area contributed by atoms with Crippen LogP contribution in [0.1, 0.15) is 20.8 Å². The minimum absolute atomic E-state index is 0. The molecule has 0 spiro atoms. The lowest BCUT2D eigenvalue weighted by Crippen LogP contribution is -2.39. The molecule has 0 atom stereocenters. The maximum atomic E-state index is 10.9. The molecular weight excluding hydrogens is 238 g/mol. The highest BCUT2D eigenvalue weighted by Crippen LogP contribution is 2.15. The summed E-state index contributed by atoms with van der Waals surface area (Å²) in [4.78, 5) is 10.9. The van der Waals surface area contributed by atoms with Gasteiger partial charge in [0.25, 0.3) is 0 Å². The van der Waals surface area contributed by atoms with Crippen molar-refractivity contribution in [3.05, 3.63) is 24.3 Å². The molecule has 1 aromatic carbocycles. The monoisotopic (exact) mass is 257 g/mol. The van der Waals surface area contributed by atoms with Crippen molar-refractivity contribution in [3.63, 3.8) is 0 Å². The van der Waals surface area contributed by atoms with Crippen LogP contribution in [-0.2, 0) is 4.79 Å². The van der Waals surface area contributed by atoms with E-state index in [1.807, 2.05) is 38.1 Å². The van der Waals surface area contributed by atoms with E-state index in [1.165, 1.54) is 6.92 Å². The Morgan fingerprint density at radius 2 is 1.94 bits per heavy atom. The highest BCUT2D eigenvalue weighted by atomic mass is 35.5. The Morgan fingerprint density at radius 1 is 1.35 bits per heavy atom. The van der Waals surface area contributed by atoms with Crippen molar-refractivity contribution in [1.29, 1.82) is 0 Å².